The molecule has 0 aliphatic heterocycles. The first-order valence-corrected chi connectivity index (χ1v) is 5.40. The van der Waals surface area contributed by atoms with E-state index < -0.39 is 6.04 Å². The molecule has 2 N–H and O–H groups in total. The Hall–Kier alpha value is -1.07. The number of nitrogens with two attached hydrogens (primary N) is 1. The molecule has 0 fully saturated rings. The Morgan fingerprint density at radius 2 is 2.18 bits per heavy atom. The monoisotopic (exact) mass is 260 g/mol. The molecule has 17 heavy (non-hydrogen) atoms. The highest BCUT2D eigenvalue weighted by molar-refractivity contribution is 5.85. The summed E-state index contributed by atoms with van der Waals surface area (Å²) < 4.78 is 1.89. The van der Waals surface area contributed by atoms with Gasteiger partial charge in [0.05, 0.1) is 12.6 Å². The van der Waals surface area contributed by atoms with Crippen molar-refractivity contribution in [2.24, 2.45) is 18.7 Å². The molecule has 1 amide bonds. The molecule has 1 heterocycles. The van der Waals surface area contributed by atoms with Gasteiger partial charge in [-0.05, 0) is 5.92 Å². The number of hydrogen-bond acceptors (Lipinski definition) is 3. The van der Waals surface area contributed by atoms with E-state index in [0.717, 1.165) is 5.82 Å². The van der Waals surface area contributed by atoms with Gasteiger partial charge in [0.1, 0.15) is 5.82 Å². The lowest BCUT2D eigenvalue weighted by Crippen LogP contribution is -2.44. The number of imidazole rings is 1. The van der Waals surface area contributed by atoms with Crippen LogP contribution in [0.3, 0.4) is 0 Å². The zero-order chi connectivity index (χ0) is 12.3. The third-order valence-electron chi connectivity index (χ3n) is 2.68. The Morgan fingerprint density at radius 1 is 1.59 bits per heavy atom. The van der Waals surface area contributed by atoms with E-state index in [9.17, 15) is 4.79 Å². The Labute approximate surface area is 108 Å². The Kier molecular flexibility index (Phi) is 6.20. The molecule has 0 aliphatic rings. The number of carbonyl (C=O) groups excluding carboxylic acids is 1. The largest absolute Gasteiger partial charge is 0.337 e. The molecule has 0 saturated carbocycles. The van der Waals surface area contributed by atoms with Gasteiger partial charge in [-0.2, -0.15) is 0 Å². The smallest absolute Gasteiger partial charge is 0.239 e. The van der Waals surface area contributed by atoms with E-state index >= 15 is 0 Å². The summed E-state index contributed by atoms with van der Waals surface area (Å²) in [6, 6.07) is -0.440. The Morgan fingerprint density at radius 3 is 2.59 bits per heavy atom. The fourth-order valence-electron chi connectivity index (χ4n) is 1.38. The lowest BCUT2D eigenvalue weighted by atomic mass is 10.0. The zero-order valence-electron chi connectivity index (χ0n) is 10.8. The summed E-state index contributed by atoms with van der Waals surface area (Å²) in [6.45, 7) is 4.37. The van der Waals surface area contributed by atoms with E-state index in [0.29, 0.717) is 6.54 Å². The van der Waals surface area contributed by atoms with Gasteiger partial charge in [0.2, 0.25) is 5.91 Å². The van der Waals surface area contributed by atoms with Crippen LogP contribution < -0.4 is 5.73 Å². The molecule has 5 nitrogen and oxygen atoms in total. The maximum atomic E-state index is 11.9. The number of nitrogens with zero attached hydrogens (tertiary/aromatic N) is 3. The molecular weight excluding hydrogens is 240 g/mol. The van der Waals surface area contributed by atoms with E-state index in [1.54, 1.807) is 18.1 Å². The van der Waals surface area contributed by atoms with E-state index in [4.69, 9.17) is 5.73 Å². The molecule has 0 bridgehead atoms. The van der Waals surface area contributed by atoms with E-state index in [-0.39, 0.29) is 24.2 Å². The van der Waals surface area contributed by atoms with Crippen molar-refractivity contribution in [3.63, 3.8) is 0 Å². The lowest BCUT2D eigenvalue weighted by molar-refractivity contribution is -0.132. The van der Waals surface area contributed by atoms with Crippen molar-refractivity contribution in [3.05, 3.63) is 18.2 Å². The molecule has 0 aliphatic carbocycles. The molecule has 1 rings (SSSR count). The van der Waals surface area contributed by atoms with Crippen LogP contribution in [-0.2, 0) is 18.4 Å². The second kappa shape index (κ2) is 6.61. The summed E-state index contributed by atoms with van der Waals surface area (Å²) in [4.78, 5) is 17.7. The van der Waals surface area contributed by atoms with Gasteiger partial charge in [-0.3, -0.25) is 4.79 Å². The van der Waals surface area contributed by atoms with Crippen LogP contribution in [-0.4, -0.2) is 33.4 Å². The third-order valence-corrected chi connectivity index (χ3v) is 2.68. The molecule has 98 valence electrons. The van der Waals surface area contributed by atoms with Crippen LogP contribution in [0.1, 0.15) is 19.7 Å². The number of carbonyl (C=O) groups is 1. The van der Waals surface area contributed by atoms with Gasteiger partial charge in [0.15, 0.2) is 0 Å². The summed E-state index contributed by atoms with van der Waals surface area (Å²) in [6.07, 6.45) is 3.58. The third kappa shape index (κ3) is 4.02. The molecule has 1 aromatic heterocycles. The van der Waals surface area contributed by atoms with E-state index in [1.165, 1.54) is 0 Å². The molecule has 0 radical (unpaired) electrons. The van der Waals surface area contributed by atoms with Crippen LogP contribution in [0, 0.1) is 5.92 Å². The maximum absolute atomic E-state index is 11.9. The second-order valence-corrected chi connectivity index (χ2v) is 4.42. The molecular formula is C11H21ClN4O. The van der Waals surface area contributed by atoms with Crippen molar-refractivity contribution in [2.45, 2.75) is 26.4 Å². The van der Waals surface area contributed by atoms with Crippen molar-refractivity contribution >= 4 is 18.3 Å². The van der Waals surface area contributed by atoms with E-state index in [2.05, 4.69) is 4.98 Å². The molecule has 0 aromatic carbocycles. The first-order valence-electron chi connectivity index (χ1n) is 5.40. The average molecular weight is 261 g/mol. The SMILES string of the molecule is CC(C)[C@@H](N)C(=O)N(C)Cc1nccn1C.Cl. The normalized spacial score (nSPS) is 12.1. The number of aryl methyl sites for hydroxylation is 1. The van der Waals surface area contributed by atoms with Gasteiger partial charge in [-0.1, -0.05) is 13.8 Å². The number of hydrogen-bond donors (Lipinski definition) is 1. The molecule has 1 aromatic rings. The van der Waals surface area contributed by atoms with Crippen LogP contribution in [0.2, 0.25) is 0 Å². The minimum atomic E-state index is -0.440. The summed E-state index contributed by atoms with van der Waals surface area (Å²) >= 11 is 0. The van der Waals surface area contributed by atoms with Gasteiger partial charge in [-0.15, -0.1) is 12.4 Å². The van der Waals surface area contributed by atoms with Crippen molar-refractivity contribution in [3.8, 4) is 0 Å². The van der Waals surface area contributed by atoms with Gasteiger partial charge >= 0.3 is 0 Å². The van der Waals surface area contributed by atoms with Crippen molar-refractivity contribution in [2.75, 3.05) is 7.05 Å². The molecule has 0 saturated heterocycles. The number of amides is 1. The highest BCUT2D eigenvalue weighted by atomic mass is 35.5. The molecule has 0 unspecified atom stereocenters. The van der Waals surface area contributed by atoms with Crippen LogP contribution in [0.4, 0.5) is 0 Å². The van der Waals surface area contributed by atoms with Gasteiger partial charge in [0.25, 0.3) is 0 Å². The fraction of sp³-hybridized carbons (Fsp3) is 0.636. The van der Waals surface area contributed by atoms with Gasteiger partial charge in [-0.25, -0.2) is 4.98 Å². The predicted octanol–water partition coefficient (Wildman–Crippen LogP) is 0.784. The average Bonchev–Trinajstić information content (AvgIpc) is 2.62. The maximum Gasteiger partial charge on any atom is 0.239 e. The quantitative estimate of drug-likeness (QED) is 0.870. The summed E-state index contributed by atoms with van der Waals surface area (Å²) in [7, 11) is 3.66. The summed E-state index contributed by atoms with van der Waals surface area (Å²) in [5, 5.41) is 0. The standard InChI is InChI=1S/C11H20N4O.ClH/c1-8(2)10(12)11(16)15(4)7-9-13-5-6-14(9)3;/h5-6,8,10H,7,12H2,1-4H3;1H/t10-;/m1./s1. The van der Waals surface area contributed by atoms with Crippen LogP contribution >= 0.6 is 12.4 Å². The first kappa shape index (κ1) is 15.9. The summed E-state index contributed by atoms with van der Waals surface area (Å²) in [5.74, 6) is 0.959. The van der Waals surface area contributed by atoms with Crippen LogP contribution in [0.15, 0.2) is 12.4 Å². The van der Waals surface area contributed by atoms with Crippen LogP contribution in [0.5, 0.6) is 0 Å². The minimum absolute atomic E-state index is 0. The Bertz CT molecular complexity index is 364. The number of rotatable bonds is 4. The summed E-state index contributed by atoms with van der Waals surface area (Å²) in [5.41, 5.74) is 5.81. The van der Waals surface area contributed by atoms with Crippen LogP contribution in [0.25, 0.3) is 0 Å². The van der Waals surface area contributed by atoms with Gasteiger partial charge in [0, 0.05) is 26.5 Å². The van der Waals surface area contributed by atoms with Crippen molar-refractivity contribution in [1.29, 1.82) is 0 Å². The molecule has 6 heteroatoms. The lowest BCUT2D eigenvalue weighted by Gasteiger charge is -2.23. The van der Waals surface area contributed by atoms with Crippen molar-refractivity contribution < 1.29 is 4.79 Å². The zero-order valence-corrected chi connectivity index (χ0v) is 11.6. The first-order chi connectivity index (χ1) is 7.43. The predicted molar refractivity (Wildman–Crippen MR) is 69.7 cm³/mol. The number of aromatic nitrogens is 2. The second-order valence-electron chi connectivity index (χ2n) is 4.42. The van der Waals surface area contributed by atoms with E-state index in [1.807, 2.05) is 31.7 Å². The number of halogens is 1. The number of likely N-dealkylation sites (N-methyl/N-ethyl adjacent to an activating group) is 1. The highest BCUT2D eigenvalue weighted by Gasteiger charge is 2.21. The van der Waals surface area contributed by atoms with Crippen molar-refractivity contribution in [1.82, 2.24) is 14.5 Å². The fourth-order valence-corrected chi connectivity index (χ4v) is 1.38. The highest BCUT2D eigenvalue weighted by Crippen LogP contribution is 2.05. The van der Waals surface area contributed by atoms with Gasteiger partial charge < -0.3 is 15.2 Å². The topological polar surface area (TPSA) is 64.2 Å². The minimum Gasteiger partial charge on any atom is -0.337 e. The Balaban J connectivity index is 0.00000256. The molecule has 0 spiro atoms. The molecule has 1 atom stereocenters.